The van der Waals surface area contributed by atoms with Crippen LogP contribution in [0.15, 0.2) is 164 Å². The van der Waals surface area contributed by atoms with Crippen LogP contribution in [0.2, 0.25) is 0 Å². The van der Waals surface area contributed by atoms with Crippen molar-refractivity contribution in [3.8, 4) is 51.0 Å². The first-order valence-electron chi connectivity index (χ1n) is 15.9. The third-order valence-corrected chi connectivity index (χ3v) is 8.89. The maximum atomic E-state index is 15.8. The van der Waals surface area contributed by atoms with Gasteiger partial charge < -0.3 is 0 Å². The van der Waals surface area contributed by atoms with Gasteiger partial charge in [0.1, 0.15) is 5.82 Å². The number of para-hydroxylation sites is 2. The molecular weight excluding hydrogens is 591 g/mol. The first-order chi connectivity index (χ1) is 23.7. The Balaban J connectivity index is 1.29. The lowest BCUT2D eigenvalue weighted by Gasteiger charge is -2.14. The molecule has 0 aliphatic heterocycles. The minimum atomic E-state index is -0.364. The standard InChI is InChI=1S/C43H27FN4/c44-33-26-31(35-22-12-18-29-17-11-21-34(40(29)35)28-13-3-1-4-14-28)25-32(27-33)42-45-41(30-15-5-2-6-16-30)46-43(47-42)48-38-23-9-7-19-36(38)37-20-8-10-24-39(37)48/h1-27H. The van der Waals surface area contributed by atoms with Crippen LogP contribution in [0, 0.1) is 5.82 Å². The molecule has 9 rings (SSSR count). The average Bonchev–Trinajstić information content (AvgIpc) is 3.49. The van der Waals surface area contributed by atoms with Crippen molar-refractivity contribution in [2.45, 2.75) is 0 Å². The Labute approximate surface area is 276 Å². The molecule has 226 valence electrons. The van der Waals surface area contributed by atoms with Crippen LogP contribution in [-0.4, -0.2) is 19.5 Å². The number of halogens is 1. The van der Waals surface area contributed by atoms with E-state index < -0.39 is 0 Å². The lowest BCUT2D eigenvalue weighted by atomic mass is 9.91. The molecular formula is C43H27FN4. The van der Waals surface area contributed by atoms with Gasteiger partial charge in [-0.15, -0.1) is 0 Å². The van der Waals surface area contributed by atoms with Gasteiger partial charge in [0.2, 0.25) is 5.95 Å². The summed E-state index contributed by atoms with van der Waals surface area (Å²) in [7, 11) is 0. The van der Waals surface area contributed by atoms with Crippen molar-refractivity contribution in [3.63, 3.8) is 0 Å². The normalized spacial score (nSPS) is 11.4. The number of benzene rings is 7. The van der Waals surface area contributed by atoms with Crippen molar-refractivity contribution in [2.24, 2.45) is 0 Å². The summed E-state index contributed by atoms with van der Waals surface area (Å²) in [5.41, 5.74) is 7.27. The van der Waals surface area contributed by atoms with Crippen molar-refractivity contribution in [3.05, 3.63) is 170 Å². The second-order valence-electron chi connectivity index (χ2n) is 11.8. The Morgan fingerprint density at radius 2 is 0.938 bits per heavy atom. The van der Waals surface area contributed by atoms with Crippen molar-refractivity contribution < 1.29 is 4.39 Å². The zero-order valence-electron chi connectivity index (χ0n) is 25.8. The summed E-state index contributed by atoms with van der Waals surface area (Å²) in [4.78, 5) is 15.0. The molecule has 0 aliphatic rings. The lowest BCUT2D eigenvalue weighted by molar-refractivity contribution is 0.628. The summed E-state index contributed by atoms with van der Waals surface area (Å²) >= 11 is 0. The van der Waals surface area contributed by atoms with Crippen molar-refractivity contribution in [1.82, 2.24) is 19.5 Å². The molecule has 0 amide bonds. The third kappa shape index (κ3) is 4.72. The first-order valence-corrected chi connectivity index (χ1v) is 15.9. The van der Waals surface area contributed by atoms with E-state index in [0.29, 0.717) is 23.2 Å². The molecule has 0 fully saturated rings. The van der Waals surface area contributed by atoms with Crippen LogP contribution in [0.5, 0.6) is 0 Å². The monoisotopic (exact) mass is 618 g/mol. The molecule has 0 aliphatic carbocycles. The Hall–Kier alpha value is -6.46. The van der Waals surface area contributed by atoms with Gasteiger partial charge in [-0.3, -0.25) is 4.57 Å². The quantitative estimate of drug-likeness (QED) is 0.193. The number of nitrogens with zero attached hydrogens (tertiary/aromatic N) is 4. The van der Waals surface area contributed by atoms with Crippen molar-refractivity contribution in [1.29, 1.82) is 0 Å². The third-order valence-electron chi connectivity index (χ3n) is 8.89. The van der Waals surface area contributed by atoms with Crippen molar-refractivity contribution >= 4 is 32.6 Å². The van der Waals surface area contributed by atoms with Crippen LogP contribution < -0.4 is 0 Å². The average molecular weight is 619 g/mol. The van der Waals surface area contributed by atoms with Crippen LogP contribution in [0.25, 0.3) is 83.6 Å². The molecule has 0 radical (unpaired) electrons. The van der Waals surface area contributed by atoms with Crippen LogP contribution in [0.3, 0.4) is 0 Å². The summed E-state index contributed by atoms with van der Waals surface area (Å²) in [6.07, 6.45) is 0. The Kier molecular flexibility index (Phi) is 6.61. The van der Waals surface area contributed by atoms with E-state index in [1.807, 2.05) is 84.9 Å². The molecule has 0 saturated heterocycles. The second kappa shape index (κ2) is 11.4. The fourth-order valence-corrected chi connectivity index (χ4v) is 6.76. The highest BCUT2D eigenvalue weighted by Gasteiger charge is 2.19. The van der Waals surface area contributed by atoms with Gasteiger partial charge in [0.05, 0.1) is 11.0 Å². The highest BCUT2D eigenvalue weighted by molar-refractivity contribution is 6.09. The van der Waals surface area contributed by atoms with Gasteiger partial charge in [-0.1, -0.05) is 133 Å². The first kappa shape index (κ1) is 27.8. The van der Waals surface area contributed by atoms with Gasteiger partial charge in [0, 0.05) is 21.9 Å². The maximum absolute atomic E-state index is 15.8. The van der Waals surface area contributed by atoms with E-state index in [1.165, 1.54) is 6.07 Å². The van der Waals surface area contributed by atoms with Gasteiger partial charge in [-0.2, -0.15) is 9.97 Å². The van der Waals surface area contributed by atoms with E-state index in [-0.39, 0.29) is 5.82 Å². The molecule has 0 spiro atoms. The zero-order valence-corrected chi connectivity index (χ0v) is 25.8. The number of hydrogen-bond acceptors (Lipinski definition) is 3. The summed E-state index contributed by atoms with van der Waals surface area (Å²) in [5.74, 6) is 1.01. The largest absolute Gasteiger partial charge is 0.278 e. The molecule has 4 nitrogen and oxygen atoms in total. The Morgan fingerprint density at radius 1 is 0.417 bits per heavy atom. The highest BCUT2D eigenvalue weighted by atomic mass is 19.1. The number of hydrogen-bond donors (Lipinski definition) is 0. The van der Waals surface area contributed by atoms with Crippen molar-refractivity contribution in [2.75, 3.05) is 0 Å². The van der Waals surface area contributed by atoms with Gasteiger partial charge in [-0.25, -0.2) is 9.37 Å². The molecule has 0 unspecified atom stereocenters. The Morgan fingerprint density at radius 3 is 1.58 bits per heavy atom. The van der Waals surface area contributed by atoms with Crippen LogP contribution >= 0.6 is 0 Å². The molecule has 2 aromatic heterocycles. The molecule has 9 aromatic rings. The summed E-state index contributed by atoms with van der Waals surface area (Å²) in [6.45, 7) is 0. The zero-order chi connectivity index (χ0) is 32.0. The molecule has 7 aromatic carbocycles. The smallest absolute Gasteiger partial charge is 0.238 e. The Bertz CT molecular complexity index is 2570. The number of aromatic nitrogens is 4. The van der Waals surface area contributed by atoms with E-state index in [2.05, 4.69) is 71.3 Å². The minimum Gasteiger partial charge on any atom is -0.278 e. The summed E-state index contributed by atoms with van der Waals surface area (Å²) < 4.78 is 17.8. The predicted molar refractivity (Wildman–Crippen MR) is 193 cm³/mol. The second-order valence-corrected chi connectivity index (χ2v) is 11.8. The van der Waals surface area contributed by atoms with E-state index >= 15 is 4.39 Å². The van der Waals surface area contributed by atoms with Gasteiger partial charge in [0.25, 0.3) is 0 Å². The maximum Gasteiger partial charge on any atom is 0.238 e. The molecule has 48 heavy (non-hydrogen) atoms. The molecule has 0 saturated carbocycles. The summed E-state index contributed by atoms with van der Waals surface area (Å²) in [6, 6.07) is 54.2. The van der Waals surface area contributed by atoms with Crippen LogP contribution in [0.4, 0.5) is 4.39 Å². The predicted octanol–water partition coefficient (Wildman–Crippen LogP) is 10.9. The summed E-state index contributed by atoms with van der Waals surface area (Å²) in [5, 5.41) is 4.36. The molecule has 0 N–H and O–H groups in total. The van der Waals surface area contributed by atoms with E-state index in [1.54, 1.807) is 6.07 Å². The minimum absolute atomic E-state index is 0.364. The van der Waals surface area contributed by atoms with Gasteiger partial charge in [-0.05, 0) is 63.4 Å². The topological polar surface area (TPSA) is 43.6 Å². The van der Waals surface area contributed by atoms with E-state index in [4.69, 9.17) is 15.0 Å². The highest BCUT2D eigenvalue weighted by Crippen LogP contribution is 2.38. The molecule has 0 atom stereocenters. The molecule has 5 heteroatoms. The van der Waals surface area contributed by atoms with E-state index in [9.17, 15) is 0 Å². The van der Waals surface area contributed by atoms with Gasteiger partial charge >= 0.3 is 0 Å². The molecule has 2 heterocycles. The van der Waals surface area contributed by atoms with Gasteiger partial charge in [0.15, 0.2) is 11.6 Å². The van der Waals surface area contributed by atoms with Crippen LogP contribution in [-0.2, 0) is 0 Å². The fourth-order valence-electron chi connectivity index (χ4n) is 6.76. The SMILES string of the molecule is Fc1cc(-c2nc(-c3ccccc3)nc(-n3c4ccccc4c4ccccc43)n2)cc(-c2cccc3cccc(-c4ccccc4)c23)c1. The number of rotatable bonds is 5. The fraction of sp³-hybridized carbons (Fsp3) is 0. The molecule has 0 bridgehead atoms. The lowest BCUT2D eigenvalue weighted by Crippen LogP contribution is -2.06. The van der Waals surface area contributed by atoms with E-state index in [0.717, 1.165) is 60.4 Å². The van der Waals surface area contributed by atoms with Crippen LogP contribution in [0.1, 0.15) is 0 Å². The number of fused-ring (bicyclic) bond motifs is 4.